The maximum absolute atomic E-state index is 12.3. The molecule has 0 aliphatic rings. The van der Waals surface area contributed by atoms with Gasteiger partial charge in [0, 0.05) is 5.56 Å². The summed E-state index contributed by atoms with van der Waals surface area (Å²) in [7, 11) is 0. The minimum atomic E-state index is -5.62. The summed E-state index contributed by atoms with van der Waals surface area (Å²) >= 11 is 5.57. The zero-order valence-electron chi connectivity index (χ0n) is 9.77. The van der Waals surface area contributed by atoms with Crippen LogP contribution < -0.4 is 4.74 Å². The summed E-state index contributed by atoms with van der Waals surface area (Å²) in [5.74, 6) is -1.22. The van der Waals surface area contributed by atoms with E-state index >= 15 is 0 Å². The fourth-order valence-electron chi connectivity index (χ4n) is 1.31. The molecule has 0 radical (unpaired) electrons. The topological polar surface area (TPSA) is 26.3 Å². The normalized spacial score (nSPS) is 12.7. The van der Waals surface area contributed by atoms with E-state index in [1.165, 1.54) is 0 Å². The number of hydrogen-bond donors (Lipinski definition) is 0. The summed E-state index contributed by atoms with van der Waals surface area (Å²) in [6.45, 7) is 1.15. The maximum atomic E-state index is 12.3. The summed E-state index contributed by atoms with van der Waals surface area (Å²) in [5.41, 5.74) is -0.0328. The van der Waals surface area contributed by atoms with E-state index in [1.54, 1.807) is 0 Å². The van der Waals surface area contributed by atoms with Gasteiger partial charge in [-0.3, -0.25) is 4.79 Å². The lowest BCUT2D eigenvalue weighted by Gasteiger charge is -2.24. The van der Waals surface area contributed by atoms with Gasteiger partial charge in [0.2, 0.25) is 0 Å². The summed E-state index contributed by atoms with van der Waals surface area (Å²) in [6, 6.07) is 2.53. The second-order valence-electron chi connectivity index (χ2n) is 3.78. The Morgan fingerprint density at radius 1 is 1.15 bits per heavy atom. The predicted molar refractivity (Wildman–Crippen MR) is 58.0 cm³/mol. The molecule has 0 aromatic heterocycles. The van der Waals surface area contributed by atoms with Crippen LogP contribution >= 0.6 is 11.6 Å². The van der Waals surface area contributed by atoms with Crippen LogP contribution in [0.5, 0.6) is 5.75 Å². The van der Waals surface area contributed by atoms with E-state index in [1.807, 2.05) is 0 Å². The minimum absolute atomic E-state index is 0.0328. The van der Waals surface area contributed by atoms with Crippen molar-refractivity contribution >= 4 is 17.4 Å². The molecule has 0 saturated carbocycles. The molecule has 0 heterocycles. The fraction of sp³-hybridized carbons (Fsp3) is 0.364. The molecule has 2 nitrogen and oxygen atoms in total. The number of ether oxygens (including phenoxy) is 1. The zero-order valence-corrected chi connectivity index (χ0v) is 10.5. The Balaban J connectivity index is 3.08. The Morgan fingerprint density at radius 3 is 2.00 bits per heavy atom. The Morgan fingerprint density at radius 2 is 1.65 bits per heavy atom. The van der Waals surface area contributed by atoms with Crippen molar-refractivity contribution in [3.63, 3.8) is 0 Å². The van der Waals surface area contributed by atoms with Crippen LogP contribution in [0.1, 0.15) is 17.3 Å². The van der Waals surface area contributed by atoms with Crippen LogP contribution in [-0.2, 0) is 0 Å². The Bertz CT molecular complexity index is 495. The number of ketones is 1. The van der Waals surface area contributed by atoms with Crippen molar-refractivity contribution in [2.24, 2.45) is 0 Å². The molecule has 1 aromatic carbocycles. The first-order chi connectivity index (χ1) is 8.93. The Kier molecular flexibility index (Phi) is 4.58. The first kappa shape index (κ1) is 16.6. The molecule has 0 amide bonds. The lowest BCUT2D eigenvalue weighted by molar-refractivity contribution is -0.299. The number of carbonyl (C=O) groups excluding carboxylic acids is 1. The summed E-state index contributed by atoms with van der Waals surface area (Å²) in [4.78, 5) is 11.0. The number of carbonyl (C=O) groups is 1. The van der Waals surface area contributed by atoms with E-state index in [0.717, 1.165) is 25.1 Å². The molecule has 9 heteroatoms. The van der Waals surface area contributed by atoms with Gasteiger partial charge in [0.15, 0.2) is 5.78 Å². The molecule has 0 aliphatic carbocycles. The second-order valence-corrected chi connectivity index (χ2v) is 4.19. The van der Waals surface area contributed by atoms with Gasteiger partial charge in [-0.15, -0.1) is 0 Å². The van der Waals surface area contributed by atoms with Gasteiger partial charge in [-0.25, -0.2) is 0 Å². The van der Waals surface area contributed by atoms with E-state index < -0.39 is 30.0 Å². The standard InChI is InChI=1S/C11H7ClF6O2/c1-5(19)7-3-2-6(4-8(7)12)20-9(10(13,14)15)11(16,17)18/h2-4,9H,1H3. The van der Waals surface area contributed by atoms with Gasteiger partial charge in [0.25, 0.3) is 6.10 Å². The summed E-state index contributed by atoms with van der Waals surface area (Å²) in [6.07, 6.45) is -15.2. The first-order valence-corrected chi connectivity index (χ1v) is 5.41. The van der Waals surface area contributed by atoms with Crippen molar-refractivity contribution in [1.82, 2.24) is 0 Å². The van der Waals surface area contributed by atoms with Crippen LogP contribution in [0.25, 0.3) is 0 Å². The molecule has 0 unspecified atom stereocenters. The van der Waals surface area contributed by atoms with Crippen molar-refractivity contribution in [3.05, 3.63) is 28.8 Å². The van der Waals surface area contributed by atoms with Crippen molar-refractivity contribution < 1.29 is 35.9 Å². The van der Waals surface area contributed by atoms with Crippen LogP contribution in [0.2, 0.25) is 5.02 Å². The number of rotatable bonds is 3. The van der Waals surface area contributed by atoms with E-state index in [-0.39, 0.29) is 10.6 Å². The van der Waals surface area contributed by atoms with Gasteiger partial charge in [-0.2, -0.15) is 26.3 Å². The summed E-state index contributed by atoms with van der Waals surface area (Å²) < 4.78 is 77.6. The number of Topliss-reactive ketones (excluding diaryl/α,β-unsaturated/α-hetero) is 1. The van der Waals surface area contributed by atoms with Crippen molar-refractivity contribution in [1.29, 1.82) is 0 Å². The minimum Gasteiger partial charge on any atom is -0.471 e. The van der Waals surface area contributed by atoms with Crippen molar-refractivity contribution in [2.75, 3.05) is 0 Å². The third-order valence-corrected chi connectivity index (χ3v) is 2.48. The molecule has 0 N–H and O–H groups in total. The highest BCUT2D eigenvalue weighted by Crippen LogP contribution is 2.37. The fourth-order valence-corrected chi connectivity index (χ4v) is 1.61. The molecular formula is C11H7ClF6O2. The quantitative estimate of drug-likeness (QED) is 0.609. The molecule has 112 valence electrons. The second kappa shape index (κ2) is 5.51. The molecule has 1 rings (SSSR count). The van der Waals surface area contributed by atoms with Gasteiger partial charge < -0.3 is 4.74 Å². The third kappa shape index (κ3) is 4.03. The van der Waals surface area contributed by atoms with Crippen LogP contribution in [0.4, 0.5) is 26.3 Å². The highest BCUT2D eigenvalue weighted by atomic mass is 35.5. The largest absolute Gasteiger partial charge is 0.471 e. The molecule has 1 aromatic rings. The van der Waals surface area contributed by atoms with Gasteiger partial charge in [0.05, 0.1) is 5.02 Å². The highest BCUT2D eigenvalue weighted by molar-refractivity contribution is 6.34. The highest BCUT2D eigenvalue weighted by Gasteiger charge is 2.59. The SMILES string of the molecule is CC(=O)c1ccc(OC(C(F)(F)F)C(F)(F)F)cc1Cl. The van der Waals surface area contributed by atoms with Crippen LogP contribution in [-0.4, -0.2) is 24.2 Å². The lowest BCUT2D eigenvalue weighted by atomic mass is 10.1. The average Bonchev–Trinajstić information content (AvgIpc) is 2.22. The first-order valence-electron chi connectivity index (χ1n) is 5.03. The van der Waals surface area contributed by atoms with Crippen molar-refractivity contribution in [3.8, 4) is 5.75 Å². The van der Waals surface area contributed by atoms with Crippen molar-refractivity contribution in [2.45, 2.75) is 25.4 Å². The van der Waals surface area contributed by atoms with E-state index in [0.29, 0.717) is 0 Å². The van der Waals surface area contributed by atoms with E-state index in [2.05, 4.69) is 4.74 Å². The summed E-state index contributed by atoms with van der Waals surface area (Å²) in [5, 5.41) is -0.293. The van der Waals surface area contributed by atoms with Crippen LogP contribution in [0.15, 0.2) is 18.2 Å². The van der Waals surface area contributed by atoms with E-state index in [9.17, 15) is 31.1 Å². The molecule has 0 spiro atoms. The molecule has 0 aliphatic heterocycles. The monoisotopic (exact) mass is 320 g/mol. The predicted octanol–water partition coefficient (Wildman–Crippen LogP) is 4.41. The third-order valence-electron chi connectivity index (χ3n) is 2.17. The number of halogens is 7. The van der Waals surface area contributed by atoms with Gasteiger partial charge in [-0.1, -0.05) is 11.6 Å². The van der Waals surface area contributed by atoms with Crippen LogP contribution in [0.3, 0.4) is 0 Å². The molecule has 20 heavy (non-hydrogen) atoms. The average molecular weight is 321 g/mol. The molecule has 0 fully saturated rings. The molecule has 0 atom stereocenters. The number of benzene rings is 1. The molecule has 0 bridgehead atoms. The number of hydrogen-bond acceptors (Lipinski definition) is 2. The molecular weight excluding hydrogens is 314 g/mol. The zero-order chi connectivity index (χ0) is 15.7. The molecule has 0 saturated heterocycles. The van der Waals surface area contributed by atoms with Crippen LogP contribution in [0, 0.1) is 0 Å². The lowest BCUT2D eigenvalue weighted by Crippen LogP contribution is -2.46. The maximum Gasteiger partial charge on any atom is 0.434 e. The van der Waals surface area contributed by atoms with Gasteiger partial charge in [-0.05, 0) is 25.1 Å². The smallest absolute Gasteiger partial charge is 0.434 e. The van der Waals surface area contributed by atoms with Gasteiger partial charge >= 0.3 is 12.4 Å². The Labute approximate surface area is 114 Å². The Hall–Kier alpha value is -1.44. The van der Waals surface area contributed by atoms with Gasteiger partial charge in [0.1, 0.15) is 5.75 Å². The number of alkyl halides is 6. The van der Waals surface area contributed by atoms with E-state index in [4.69, 9.17) is 11.6 Å².